The second kappa shape index (κ2) is 6.53. The van der Waals surface area contributed by atoms with Crippen LogP contribution in [0.4, 0.5) is 0 Å². The molecule has 1 aromatic carbocycles. The van der Waals surface area contributed by atoms with Gasteiger partial charge >= 0.3 is 0 Å². The molecule has 7 nitrogen and oxygen atoms in total. The fraction of sp³-hybridized carbons (Fsp3) is 0.278. The first-order chi connectivity index (χ1) is 12.6. The Morgan fingerprint density at radius 1 is 1.23 bits per heavy atom. The van der Waals surface area contributed by atoms with E-state index in [1.807, 2.05) is 17.0 Å². The Kier molecular flexibility index (Phi) is 4.20. The minimum Gasteiger partial charge on any atom is -0.334 e. The van der Waals surface area contributed by atoms with Crippen LogP contribution in [0.3, 0.4) is 0 Å². The summed E-state index contributed by atoms with van der Waals surface area (Å²) in [7, 11) is -3.59. The zero-order chi connectivity index (χ0) is 18.1. The molecular weight excluding hydrogens is 352 g/mol. The highest BCUT2D eigenvalue weighted by atomic mass is 32.2. The molecule has 0 spiro atoms. The minimum atomic E-state index is -3.59. The van der Waals surface area contributed by atoms with Gasteiger partial charge in [0.05, 0.1) is 10.9 Å². The number of fused-ring (bicyclic) bond motifs is 1. The van der Waals surface area contributed by atoms with Crippen LogP contribution in [0.15, 0.2) is 58.7 Å². The van der Waals surface area contributed by atoms with Gasteiger partial charge in [-0.2, -0.15) is 0 Å². The lowest BCUT2D eigenvalue weighted by Crippen LogP contribution is -2.33. The third-order valence-electron chi connectivity index (χ3n) is 4.70. The summed E-state index contributed by atoms with van der Waals surface area (Å²) in [6.07, 6.45) is 5.29. The standard InChI is InChI=1S/C18H18N4O3S/c23-17(22-11-3-5-15(22)13-7-9-19-10-8-13)12-20-18-14-4-1-2-6-16(14)26(24,25)21-18/h1-2,4,6-10,15H,3,5,11-12H2,(H,20,21)/t15-/m0/s1. The first-order valence-corrected chi connectivity index (χ1v) is 9.90. The van der Waals surface area contributed by atoms with Gasteiger partial charge in [-0.25, -0.2) is 8.42 Å². The van der Waals surface area contributed by atoms with Crippen molar-refractivity contribution in [3.63, 3.8) is 0 Å². The van der Waals surface area contributed by atoms with Crippen LogP contribution in [0.1, 0.15) is 30.0 Å². The summed E-state index contributed by atoms with van der Waals surface area (Å²) in [6, 6.07) is 10.5. The molecule has 1 fully saturated rings. The Bertz CT molecular complexity index is 973. The highest BCUT2D eigenvalue weighted by Gasteiger charge is 2.32. The molecule has 2 aliphatic heterocycles. The van der Waals surface area contributed by atoms with Crippen molar-refractivity contribution in [3.8, 4) is 0 Å². The van der Waals surface area contributed by atoms with Crippen molar-refractivity contribution in [2.75, 3.05) is 13.1 Å². The van der Waals surface area contributed by atoms with Crippen LogP contribution in [0.2, 0.25) is 0 Å². The first-order valence-electron chi connectivity index (χ1n) is 8.42. The molecule has 1 amide bonds. The van der Waals surface area contributed by atoms with Crippen molar-refractivity contribution in [2.24, 2.45) is 4.99 Å². The van der Waals surface area contributed by atoms with E-state index in [1.54, 1.807) is 30.6 Å². The summed E-state index contributed by atoms with van der Waals surface area (Å²) in [4.78, 5) is 23.0. The molecule has 8 heteroatoms. The zero-order valence-electron chi connectivity index (χ0n) is 14.0. The Morgan fingerprint density at radius 3 is 2.81 bits per heavy atom. The average Bonchev–Trinajstić information content (AvgIpc) is 3.24. The maximum Gasteiger partial charge on any atom is 0.263 e. The van der Waals surface area contributed by atoms with Crippen LogP contribution in [0.25, 0.3) is 0 Å². The maximum absolute atomic E-state index is 12.7. The molecule has 0 saturated carbocycles. The molecule has 2 aromatic rings. The van der Waals surface area contributed by atoms with Gasteiger partial charge in [0.2, 0.25) is 5.91 Å². The molecule has 1 saturated heterocycles. The maximum atomic E-state index is 12.7. The molecule has 1 aromatic heterocycles. The number of hydrogen-bond acceptors (Lipinski definition) is 5. The number of likely N-dealkylation sites (tertiary alicyclic amines) is 1. The van der Waals surface area contributed by atoms with Gasteiger partial charge < -0.3 is 4.90 Å². The normalized spacial score (nSPS) is 22.2. The van der Waals surface area contributed by atoms with Gasteiger partial charge in [-0.15, -0.1) is 0 Å². The second-order valence-electron chi connectivity index (χ2n) is 6.29. The summed E-state index contributed by atoms with van der Waals surface area (Å²) < 4.78 is 26.6. The molecule has 26 heavy (non-hydrogen) atoms. The Hall–Kier alpha value is -2.74. The molecule has 0 unspecified atom stereocenters. The van der Waals surface area contributed by atoms with Gasteiger partial charge in [-0.05, 0) is 42.7 Å². The number of nitrogens with one attached hydrogen (secondary N) is 1. The lowest BCUT2D eigenvalue weighted by molar-refractivity contribution is -0.130. The van der Waals surface area contributed by atoms with E-state index in [4.69, 9.17) is 0 Å². The predicted molar refractivity (Wildman–Crippen MR) is 96.1 cm³/mol. The van der Waals surface area contributed by atoms with Gasteiger partial charge in [0.15, 0.2) is 0 Å². The van der Waals surface area contributed by atoms with E-state index in [2.05, 4.69) is 14.7 Å². The average molecular weight is 370 g/mol. The summed E-state index contributed by atoms with van der Waals surface area (Å²) in [5.41, 5.74) is 1.57. The number of amidine groups is 1. The van der Waals surface area contributed by atoms with Crippen molar-refractivity contribution >= 4 is 21.8 Å². The van der Waals surface area contributed by atoms with Crippen LogP contribution in [0, 0.1) is 0 Å². The molecule has 134 valence electrons. The van der Waals surface area contributed by atoms with Crippen LogP contribution in [-0.2, 0) is 14.8 Å². The smallest absolute Gasteiger partial charge is 0.263 e. The first kappa shape index (κ1) is 16.7. The molecule has 1 atom stereocenters. The number of hydrogen-bond donors (Lipinski definition) is 1. The molecule has 3 heterocycles. The highest BCUT2D eigenvalue weighted by molar-refractivity contribution is 7.90. The lowest BCUT2D eigenvalue weighted by atomic mass is 10.1. The van der Waals surface area contributed by atoms with Gasteiger partial charge in [0, 0.05) is 24.5 Å². The number of nitrogens with zero attached hydrogens (tertiary/aromatic N) is 3. The number of aromatic nitrogens is 1. The Balaban J connectivity index is 1.53. The molecule has 0 aliphatic carbocycles. The quantitative estimate of drug-likeness (QED) is 0.886. The summed E-state index contributed by atoms with van der Waals surface area (Å²) in [6.45, 7) is 0.590. The number of pyridine rings is 1. The van der Waals surface area contributed by atoms with E-state index >= 15 is 0 Å². The monoisotopic (exact) mass is 370 g/mol. The van der Waals surface area contributed by atoms with Crippen molar-refractivity contribution in [3.05, 3.63) is 59.9 Å². The number of benzene rings is 1. The zero-order valence-corrected chi connectivity index (χ0v) is 14.8. The van der Waals surface area contributed by atoms with Crippen LogP contribution < -0.4 is 4.72 Å². The van der Waals surface area contributed by atoms with Crippen molar-refractivity contribution in [2.45, 2.75) is 23.8 Å². The molecule has 0 radical (unpaired) electrons. The number of carbonyl (C=O) groups excluding carboxylic acids is 1. The molecule has 2 aliphatic rings. The highest BCUT2D eigenvalue weighted by Crippen LogP contribution is 2.31. The second-order valence-corrected chi connectivity index (χ2v) is 7.94. The van der Waals surface area contributed by atoms with Crippen molar-refractivity contribution < 1.29 is 13.2 Å². The fourth-order valence-corrected chi connectivity index (χ4v) is 4.74. The number of amides is 1. The third kappa shape index (κ3) is 2.96. The number of carbonyl (C=O) groups is 1. The van der Waals surface area contributed by atoms with Gasteiger partial charge in [0.25, 0.3) is 10.0 Å². The topological polar surface area (TPSA) is 91.7 Å². The third-order valence-corrected chi connectivity index (χ3v) is 6.10. The number of rotatable bonds is 3. The van der Waals surface area contributed by atoms with Crippen LogP contribution in [0.5, 0.6) is 0 Å². The largest absolute Gasteiger partial charge is 0.334 e. The Labute approximate surface area is 151 Å². The summed E-state index contributed by atoms with van der Waals surface area (Å²) in [5.74, 6) is 0.119. The van der Waals surface area contributed by atoms with Gasteiger partial charge in [-0.3, -0.25) is 19.5 Å². The number of aliphatic imine (C=N–C) groups is 1. The minimum absolute atomic E-state index is 0.0262. The van der Waals surface area contributed by atoms with Crippen molar-refractivity contribution in [1.82, 2.24) is 14.6 Å². The fourth-order valence-electron chi connectivity index (χ4n) is 3.49. The molecule has 4 rings (SSSR count). The van der Waals surface area contributed by atoms with E-state index in [1.165, 1.54) is 6.07 Å². The van der Waals surface area contributed by atoms with E-state index in [9.17, 15) is 13.2 Å². The van der Waals surface area contributed by atoms with Crippen LogP contribution >= 0.6 is 0 Å². The SMILES string of the molecule is O=C(CN=C1NS(=O)(=O)c2ccccc21)N1CCC[C@H]1c1ccncc1. The van der Waals surface area contributed by atoms with Gasteiger partial charge in [-0.1, -0.05) is 12.1 Å². The molecular formula is C18H18N4O3S. The van der Waals surface area contributed by atoms with E-state index in [0.717, 1.165) is 18.4 Å². The Morgan fingerprint density at radius 2 is 2.00 bits per heavy atom. The summed E-state index contributed by atoms with van der Waals surface area (Å²) in [5, 5.41) is 0. The van der Waals surface area contributed by atoms with E-state index < -0.39 is 10.0 Å². The van der Waals surface area contributed by atoms with Crippen molar-refractivity contribution in [1.29, 1.82) is 0 Å². The predicted octanol–water partition coefficient (Wildman–Crippen LogP) is 1.48. The molecule has 0 bridgehead atoms. The van der Waals surface area contributed by atoms with Gasteiger partial charge in [0.1, 0.15) is 12.4 Å². The van der Waals surface area contributed by atoms with E-state index in [-0.39, 0.29) is 29.2 Å². The number of sulfonamides is 1. The summed E-state index contributed by atoms with van der Waals surface area (Å²) >= 11 is 0. The van der Waals surface area contributed by atoms with E-state index in [0.29, 0.717) is 12.1 Å². The lowest BCUT2D eigenvalue weighted by Gasteiger charge is -2.24. The molecule has 1 N–H and O–H groups in total. The van der Waals surface area contributed by atoms with Crippen LogP contribution in [-0.4, -0.2) is 43.1 Å².